The lowest BCUT2D eigenvalue weighted by molar-refractivity contribution is -0.130. The van der Waals surface area contributed by atoms with Gasteiger partial charge in [0, 0.05) is 26.1 Å². The summed E-state index contributed by atoms with van der Waals surface area (Å²) in [5.41, 5.74) is 5.59. The van der Waals surface area contributed by atoms with Gasteiger partial charge < -0.3 is 15.4 Å². The Kier molecular flexibility index (Phi) is 6.22. The van der Waals surface area contributed by atoms with Gasteiger partial charge in [0.15, 0.2) is 0 Å². The van der Waals surface area contributed by atoms with Gasteiger partial charge in [-0.25, -0.2) is 0 Å². The average Bonchev–Trinajstić information content (AvgIpc) is 2.34. The number of hydrogen-bond acceptors (Lipinski definition) is 3. The molecule has 4 heteroatoms. The molecule has 4 nitrogen and oxygen atoms in total. The van der Waals surface area contributed by atoms with Crippen LogP contribution in [-0.2, 0) is 4.79 Å². The van der Waals surface area contributed by atoms with E-state index in [2.05, 4.69) is 0 Å². The van der Waals surface area contributed by atoms with E-state index in [-0.39, 0.29) is 11.9 Å². The van der Waals surface area contributed by atoms with Crippen LogP contribution in [0.5, 0.6) is 5.75 Å². The molecule has 0 fully saturated rings. The molecule has 0 aromatic heterocycles. The Morgan fingerprint density at radius 2 is 2.06 bits per heavy atom. The lowest BCUT2D eigenvalue weighted by Crippen LogP contribution is -2.33. The van der Waals surface area contributed by atoms with Crippen LogP contribution in [0.4, 0.5) is 0 Å². The van der Waals surface area contributed by atoms with Crippen molar-refractivity contribution < 1.29 is 9.53 Å². The summed E-state index contributed by atoms with van der Waals surface area (Å²) in [6.45, 7) is 3.14. The number of para-hydroxylation sites is 1. The van der Waals surface area contributed by atoms with Crippen LogP contribution < -0.4 is 10.5 Å². The minimum absolute atomic E-state index is 0.0829. The van der Waals surface area contributed by atoms with E-state index in [0.717, 1.165) is 12.2 Å². The van der Waals surface area contributed by atoms with Crippen molar-refractivity contribution in [2.75, 3.05) is 20.2 Å². The van der Waals surface area contributed by atoms with Crippen LogP contribution in [0.1, 0.15) is 19.8 Å². The van der Waals surface area contributed by atoms with Crippen LogP contribution in [0.2, 0.25) is 0 Å². The number of nitrogens with zero attached hydrogens (tertiary/aromatic N) is 1. The molecule has 1 aromatic carbocycles. The van der Waals surface area contributed by atoms with Gasteiger partial charge in [-0.1, -0.05) is 18.2 Å². The van der Waals surface area contributed by atoms with Crippen LogP contribution in [0.25, 0.3) is 0 Å². The highest BCUT2D eigenvalue weighted by atomic mass is 16.5. The van der Waals surface area contributed by atoms with Crippen molar-refractivity contribution in [2.45, 2.75) is 25.8 Å². The molecule has 18 heavy (non-hydrogen) atoms. The third kappa shape index (κ3) is 5.68. The van der Waals surface area contributed by atoms with Crippen LogP contribution in [-0.4, -0.2) is 37.0 Å². The SMILES string of the molecule is CC(N)CC(=O)N(C)CCCOc1ccccc1. The average molecular weight is 250 g/mol. The molecular formula is C14H22N2O2. The monoisotopic (exact) mass is 250 g/mol. The maximum absolute atomic E-state index is 11.6. The molecule has 0 saturated carbocycles. The fourth-order valence-electron chi connectivity index (χ4n) is 1.56. The zero-order valence-corrected chi connectivity index (χ0v) is 11.1. The Labute approximate surface area is 109 Å². The predicted molar refractivity (Wildman–Crippen MR) is 72.5 cm³/mol. The second-order valence-corrected chi connectivity index (χ2v) is 4.51. The molecule has 100 valence electrons. The highest BCUT2D eigenvalue weighted by molar-refractivity contribution is 5.76. The molecular weight excluding hydrogens is 228 g/mol. The minimum atomic E-state index is -0.0829. The van der Waals surface area contributed by atoms with Gasteiger partial charge >= 0.3 is 0 Å². The number of carbonyl (C=O) groups is 1. The first kappa shape index (κ1) is 14.5. The number of carbonyl (C=O) groups excluding carboxylic acids is 1. The Bertz CT molecular complexity index is 352. The van der Waals surface area contributed by atoms with Gasteiger partial charge in [-0.2, -0.15) is 0 Å². The van der Waals surface area contributed by atoms with E-state index in [9.17, 15) is 4.79 Å². The smallest absolute Gasteiger partial charge is 0.223 e. The molecule has 0 bridgehead atoms. The lowest BCUT2D eigenvalue weighted by atomic mass is 10.2. The van der Waals surface area contributed by atoms with Gasteiger partial charge in [0.1, 0.15) is 5.75 Å². The maximum atomic E-state index is 11.6. The van der Waals surface area contributed by atoms with Gasteiger partial charge in [-0.05, 0) is 25.5 Å². The number of amides is 1. The number of benzene rings is 1. The Balaban J connectivity index is 2.16. The third-order valence-electron chi connectivity index (χ3n) is 2.57. The predicted octanol–water partition coefficient (Wildman–Crippen LogP) is 1.65. The quantitative estimate of drug-likeness (QED) is 0.749. The van der Waals surface area contributed by atoms with E-state index >= 15 is 0 Å². The largest absolute Gasteiger partial charge is 0.494 e. The summed E-state index contributed by atoms with van der Waals surface area (Å²) in [5.74, 6) is 0.951. The first-order chi connectivity index (χ1) is 8.59. The van der Waals surface area contributed by atoms with Crippen molar-refractivity contribution in [1.29, 1.82) is 0 Å². The highest BCUT2D eigenvalue weighted by Gasteiger charge is 2.10. The summed E-state index contributed by atoms with van der Waals surface area (Å²) >= 11 is 0. The van der Waals surface area contributed by atoms with E-state index in [4.69, 9.17) is 10.5 Å². The second kappa shape index (κ2) is 7.71. The summed E-state index contributed by atoms with van der Waals surface area (Å²) in [6, 6.07) is 9.59. The van der Waals surface area contributed by atoms with Crippen LogP contribution in [0.15, 0.2) is 30.3 Å². The molecule has 1 aromatic rings. The Hall–Kier alpha value is -1.55. The maximum Gasteiger partial charge on any atom is 0.223 e. The van der Waals surface area contributed by atoms with E-state index in [0.29, 0.717) is 19.6 Å². The highest BCUT2D eigenvalue weighted by Crippen LogP contribution is 2.08. The van der Waals surface area contributed by atoms with E-state index in [1.807, 2.05) is 37.3 Å². The van der Waals surface area contributed by atoms with Crippen molar-refractivity contribution in [3.05, 3.63) is 30.3 Å². The number of nitrogens with two attached hydrogens (primary N) is 1. The molecule has 0 aliphatic heterocycles. The van der Waals surface area contributed by atoms with Crippen molar-refractivity contribution in [2.24, 2.45) is 5.73 Å². The fourth-order valence-corrected chi connectivity index (χ4v) is 1.56. The first-order valence-corrected chi connectivity index (χ1v) is 6.27. The minimum Gasteiger partial charge on any atom is -0.494 e. The first-order valence-electron chi connectivity index (χ1n) is 6.27. The molecule has 0 radical (unpaired) electrons. The zero-order chi connectivity index (χ0) is 13.4. The molecule has 0 saturated heterocycles. The number of ether oxygens (including phenoxy) is 1. The van der Waals surface area contributed by atoms with Gasteiger partial charge in [0.05, 0.1) is 6.61 Å². The number of hydrogen-bond donors (Lipinski definition) is 1. The number of rotatable bonds is 7. The van der Waals surface area contributed by atoms with E-state index in [1.54, 1.807) is 11.9 Å². The van der Waals surface area contributed by atoms with Gasteiger partial charge in [0.2, 0.25) is 5.91 Å². The summed E-state index contributed by atoms with van der Waals surface area (Å²) in [4.78, 5) is 13.3. The summed E-state index contributed by atoms with van der Waals surface area (Å²) in [5, 5.41) is 0. The van der Waals surface area contributed by atoms with Crippen molar-refractivity contribution in [3.8, 4) is 5.75 Å². The van der Waals surface area contributed by atoms with Crippen LogP contribution in [0.3, 0.4) is 0 Å². The summed E-state index contributed by atoms with van der Waals surface area (Å²) < 4.78 is 5.55. The molecule has 0 aliphatic carbocycles. The topological polar surface area (TPSA) is 55.6 Å². The normalized spacial score (nSPS) is 11.9. The molecule has 1 unspecified atom stereocenters. The Morgan fingerprint density at radius 3 is 2.67 bits per heavy atom. The van der Waals surface area contributed by atoms with Crippen molar-refractivity contribution in [1.82, 2.24) is 4.90 Å². The molecule has 0 heterocycles. The standard InChI is InChI=1S/C14H22N2O2/c1-12(15)11-14(17)16(2)9-6-10-18-13-7-4-3-5-8-13/h3-5,7-8,12H,6,9-11,15H2,1-2H3. The second-order valence-electron chi connectivity index (χ2n) is 4.51. The summed E-state index contributed by atoms with van der Waals surface area (Å²) in [7, 11) is 1.80. The van der Waals surface area contributed by atoms with Crippen molar-refractivity contribution >= 4 is 5.91 Å². The van der Waals surface area contributed by atoms with Gasteiger partial charge in [-0.3, -0.25) is 4.79 Å². The van der Waals surface area contributed by atoms with E-state index in [1.165, 1.54) is 0 Å². The van der Waals surface area contributed by atoms with Gasteiger partial charge in [-0.15, -0.1) is 0 Å². The third-order valence-corrected chi connectivity index (χ3v) is 2.57. The molecule has 2 N–H and O–H groups in total. The van der Waals surface area contributed by atoms with Crippen molar-refractivity contribution in [3.63, 3.8) is 0 Å². The van der Waals surface area contributed by atoms with Crippen LogP contribution in [0, 0.1) is 0 Å². The summed E-state index contributed by atoms with van der Waals surface area (Å²) in [6.07, 6.45) is 1.21. The van der Waals surface area contributed by atoms with Crippen LogP contribution >= 0.6 is 0 Å². The molecule has 0 spiro atoms. The molecule has 0 aliphatic rings. The molecule has 1 rings (SSSR count). The fraction of sp³-hybridized carbons (Fsp3) is 0.500. The van der Waals surface area contributed by atoms with Gasteiger partial charge in [0.25, 0.3) is 0 Å². The molecule has 1 atom stereocenters. The van der Waals surface area contributed by atoms with E-state index < -0.39 is 0 Å². The Morgan fingerprint density at radius 1 is 1.39 bits per heavy atom. The lowest BCUT2D eigenvalue weighted by Gasteiger charge is -2.18. The zero-order valence-electron chi connectivity index (χ0n) is 11.1. The molecule has 1 amide bonds.